The molecule has 0 radical (unpaired) electrons. The smallest absolute Gasteiger partial charge is 0.346 e. The van der Waals surface area contributed by atoms with E-state index in [2.05, 4.69) is 4.98 Å². The summed E-state index contributed by atoms with van der Waals surface area (Å²) in [6.07, 6.45) is 0. The molecule has 25 heavy (non-hydrogen) atoms. The molecule has 1 N–H and O–H groups in total. The predicted molar refractivity (Wildman–Crippen MR) is 101 cm³/mol. The van der Waals surface area contributed by atoms with E-state index in [-0.39, 0.29) is 5.75 Å². The Hall–Kier alpha value is -2.34. The van der Waals surface area contributed by atoms with Gasteiger partial charge in [-0.1, -0.05) is 23.2 Å². The quantitative estimate of drug-likeness (QED) is 0.453. The molecule has 0 atom stereocenters. The standard InChI is InChI=1S/C18H9Cl2NO3S/c19-10-2-4-12(14(20)6-10)15-8-25-17(21-15)13-5-9-1-3-11(22)7-16(9)24-18(13)23/h1-8,22H. The fourth-order valence-corrected chi connectivity index (χ4v) is 3.80. The molecule has 2 aromatic carbocycles. The zero-order valence-electron chi connectivity index (χ0n) is 12.5. The Labute approximate surface area is 155 Å². The maximum Gasteiger partial charge on any atom is 0.346 e. The molecular weight excluding hydrogens is 381 g/mol. The molecule has 0 saturated heterocycles. The molecule has 4 nitrogen and oxygen atoms in total. The molecule has 0 aliphatic heterocycles. The number of halogens is 2. The van der Waals surface area contributed by atoms with E-state index in [9.17, 15) is 9.90 Å². The Morgan fingerprint density at radius 3 is 2.68 bits per heavy atom. The molecular formula is C18H9Cl2NO3S. The van der Waals surface area contributed by atoms with Crippen molar-refractivity contribution in [3.05, 3.63) is 68.3 Å². The molecule has 0 fully saturated rings. The first-order valence-corrected chi connectivity index (χ1v) is 8.83. The van der Waals surface area contributed by atoms with Crippen LogP contribution in [0.1, 0.15) is 0 Å². The maximum atomic E-state index is 12.3. The van der Waals surface area contributed by atoms with Crippen LogP contribution in [0.4, 0.5) is 0 Å². The minimum atomic E-state index is -0.513. The zero-order chi connectivity index (χ0) is 17.6. The van der Waals surface area contributed by atoms with Gasteiger partial charge < -0.3 is 9.52 Å². The number of fused-ring (bicyclic) bond motifs is 1. The summed E-state index contributed by atoms with van der Waals surface area (Å²) in [5, 5.41) is 13.6. The first kappa shape index (κ1) is 16.1. The fraction of sp³-hybridized carbons (Fsp3) is 0. The van der Waals surface area contributed by atoms with Crippen LogP contribution >= 0.6 is 34.5 Å². The molecule has 0 unspecified atom stereocenters. The molecule has 2 heterocycles. The number of rotatable bonds is 2. The van der Waals surface area contributed by atoms with Crippen LogP contribution in [0.25, 0.3) is 32.8 Å². The van der Waals surface area contributed by atoms with E-state index in [1.165, 1.54) is 23.5 Å². The van der Waals surface area contributed by atoms with E-state index in [0.29, 0.717) is 37.3 Å². The second-order valence-corrected chi connectivity index (χ2v) is 7.03. The van der Waals surface area contributed by atoms with Crippen molar-refractivity contribution in [1.82, 2.24) is 4.98 Å². The summed E-state index contributed by atoms with van der Waals surface area (Å²) in [5.41, 5.74) is 1.57. The van der Waals surface area contributed by atoms with Crippen LogP contribution in [-0.4, -0.2) is 10.1 Å². The number of nitrogens with zero attached hydrogens (tertiary/aromatic N) is 1. The number of phenols is 1. The van der Waals surface area contributed by atoms with Gasteiger partial charge in [0, 0.05) is 27.4 Å². The molecule has 2 aromatic heterocycles. The minimum Gasteiger partial charge on any atom is -0.508 e. The van der Waals surface area contributed by atoms with Crippen molar-refractivity contribution in [3.8, 4) is 27.6 Å². The molecule has 0 aliphatic carbocycles. The third kappa shape index (κ3) is 3.02. The van der Waals surface area contributed by atoms with Gasteiger partial charge in [-0.25, -0.2) is 9.78 Å². The van der Waals surface area contributed by atoms with E-state index in [4.69, 9.17) is 27.6 Å². The predicted octanol–water partition coefficient (Wildman–Crippen LogP) is 5.60. The molecule has 7 heteroatoms. The van der Waals surface area contributed by atoms with Gasteiger partial charge in [0.15, 0.2) is 0 Å². The molecule has 0 spiro atoms. The van der Waals surface area contributed by atoms with Crippen LogP contribution in [0.5, 0.6) is 5.75 Å². The number of aromatic nitrogens is 1. The Balaban J connectivity index is 1.82. The van der Waals surface area contributed by atoms with Gasteiger partial charge in [-0.15, -0.1) is 11.3 Å². The van der Waals surface area contributed by atoms with Crippen LogP contribution in [0, 0.1) is 0 Å². The van der Waals surface area contributed by atoms with Gasteiger partial charge >= 0.3 is 5.63 Å². The minimum absolute atomic E-state index is 0.0392. The molecule has 4 aromatic rings. The van der Waals surface area contributed by atoms with Crippen molar-refractivity contribution in [1.29, 1.82) is 0 Å². The Kier molecular flexibility index (Phi) is 4.00. The molecule has 124 valence electrons. The summed E-state index contributed by atoms with van der Waals surface area (Å²) in [5.74, 6) is 0.0392. The van der Waals surface area contributed by atoms with Crippen LogP contribution in [0.15, 0.2) is 57.1 Å². The number of benzene rings is 2. The summed E-state index contributed by atoms with van der Waals surface area (Å²) < 4.78 is 5.29. The molecule has 0 saturated carbocycles. The number of phenolic OH excluding ortho intramolecular Hbond substituents is 1. The first-order valence-electron chi connectivity index (χ1n) is 7.19. The van der Waals surface area contributed by atoms with E-state index < -0.39 is 5.63 Å². The molecule has 0 aliphatic rings. The largest absolute Gasteiger partial charge is 0.508 e. The van der Waals surface area contributed by atoms with Gasteiger partial charge in [-0.05, 0) is 36.4 Å². The Morgan fingerprint density at radius 2 is 1.88 bits per heavy atom. The summed E-state index contributed by atoms with van der Waals surface area (Å²) in [6, 6.07) is 11.5. The van der Waals surface area contributed by atoms with Crippen LogP contribution < -0.4 is 5.63 Å². The van der Waals surface area contributed by atoms with Gasteiger partial charge in [0.25, 0.3) is 0 Å². The van der Waals surface area contributed by atoms with Crippen LogP contribution in [-0.2, 0) is 0 Å². The summed E-state index contributed by atoms with van der Waals surface area (Å²) in [7, 11) is 0. The van der Waals surface area contributed by atoms with E-state index in [1.54, 1.807) is 30.3 Å². The lowest BCUT2D eigenvalue weighted by Gasteiger charge is -2.01. The average molecular weight is 390 g/mol. The Morgan fingerprint density at radius 1 is 1.04 bits per heavy atom. The second-order valence-electron chi connectivity index (χ2n) is 5.33. The summed E-state index contributed by atoms with van der Waals surface area (Å²) in [4.78, 5) is 16.8. The number of thiazole rings is 1. The van der Waals surface area contributed by atoms with Crippen molar-refractivity contribution in [2.45, 2.75) is 0 Å². The van der Waals surface area contributed by atoms with Crippen molar-refractivity contribution in [2.24, 2.45) is 0 Å². The first-order chi connectivity index (χ1) is 12.0. The van der Waals surface area contributed by atoms with Crippen molar-refractivity contribution in [2.75, 3.05) is 0 Å². The van der Waals surface area contributed by atoms with Crippen molar-refractivity contribution >= 4 is 45.5 Å². The van der Waals surface area contributed by atoms with Crippen molar-refractivity contribution in [3.63, 3.8) is 0 Å². The lowest BCUT2D eigenvalue weighted by atomic mass is 10.1. The SMILES string of the molecule is O=c1oc2cc(O)ccc2cc1-c1nc(-c2ccc(Cl)cc2Cl)cs1. The van der Waals surface area contributed by atoms with E-state index >= 15 is 0 Å². The Bertz CT molecular complexity index is 1170. The molecule has 4 rings (SSSR count). The topological polar surface area (TPSA) is 63.3 Å². The summed E-state index contributed by atoms with van der Waals surface area (Å²) in [6.45, 7) is 0. The fourth-order valence-electron chi connectivity index (χ4n) is 2.47. The highest BCUT2D eigenvalue weighted by molar-refractivity contribution is 7.13. The number of hydrogen-bond acceptors (Lipinski definition) is 5. The molecule has 0 amide bonds. The lowest BCUT2D eigenvalue weighted by molar-refractivity contribution is 0.473. The third-order valence-electron chi connectivity index (χ3n) is 3.66. The average Bonchev–Trinajstić information content (AvgIpc) is 3.03. The van der Waals surface area contributed by atoms with Crippen molar-refractivity contribution < 1.29 is 9.52 Å². The normalized spacial score (nSPS) is 11.1. The van der Waals surface area contributed by atoms with Gasteiger partial charge in [0.1, 0.15) is 16.3 Å². The second kappa shape index (κ2) is 6.19. The molecule has 0 bridgehead atoms. The van der Waals surface area contributed by atoms with Gasteiger partial charge in [-0.3, -0.25) is 0 Å². The van der Waals surface area contributed by atoms with Crippen LogP contribution in [0.2, 0.25) is 10.0 Å². The highest BCUT2D eigenvalue weighted by atomic mass is 35.5. The number of aromatic hydroxyl groups is 1. The van der Waals surface area contributed by atoms with Gasteiger partial charge in [0.2, 0.25) is 0 Å². The lowest BCUT2D eigenvalue weighted by Crippen LogP contribution is -2.02. The van der Waals surface area contributed by atoms with Gasteiger partial charge in [-0.2, -0.15) is 0 Å². The highest BCUT2D eigenvalue weighted by Crippen LogP contribution is 2.34. The van der Waals surface area contributed by atoms with Gasteiger partial charge in [0.05, 0.1) is 16.3 Å². The van der Waals surface area contributed by atoms with E-state index in [0.717, 1.165) is 5.56 Å². The highest BCUT2D eigenvalue weighted by Gasteiger charge is 2.14. The van der Waals surface area contributed by atoms with Crippen LogP contribution in [0.3, 0.4) is 0 Å². The summed E-state index contributed by atoms with van der Waals surface area (Å²) >= 11 is 13.5. The number of hydrogen-bond donors (Lipinski definition) is 1. The van der Waals surface area contributed by atoms with E-state index in [1.807, 2.05) is 5.38 Å². The zero-order valence-corrected chi connectivity index (χ0v) is 14.8. The third-order valence-corrected chi connectivity index (χ3v) is 5.08. The maximum absolute atomic E-state index is 12.3. The monoisotopic (exact) mass is 389 g/mol.